The molecular formula is C11H11ClO3. The molecule has 0 spiro atoms. The summed E-state index contributed by atoms with van der Waals surface area (Å²) in [4.78, 5) is 21.7. The third-order valence-corrected chi connectivity index (χ3v) is 2.48. The van der Waals surface area contributed by atoms with Gasteiger partial charge in [-0.3, -0.25) is 9.59 Å². The van der Waals surface area contributed by atoms with Gasteiger partial charge < -0.3 is 4.74 Å². The summed E-state index contributed by atoms with van der Waals surface area (Å²) in [5.74, 6) is -0.352. The number of methoxy groups -OCH3 is 1. The number of hydrogen-bond donors (Lipinski definition) is 0. The minimum absolute atomic E-state index is 0.120. The highest BCUT2D eigenvalue weighted by Gasteiger charge is 2.09. The topological polar surface area (TPSA) is 43.4 Å². The van der Waals surface area contributed by atoms with Gasteiger partial charge in [0.25, 0.3) is 0 Å². The van der Waals surface area contributed by atoms with Gasteiger partial charge in [-0.2, -0.15) is 0 Å². The summed E-state index contributed by atoms with van der Waals surface area (Å²) in [5.41, 5.74) is 2.01. The fraction of sp³-hybridized carbons (Fsp3) is 0.273. The quantitative estimate of drug-likeness (QED) is 0.586. The standard InChI is InChI=1S/C11H11ClO3/c1-7-3-8(5-11(14)15-2)10(12)4-9(7)6-13/h3-4,6H,5H2,1-2H3. The number of benzene rings is 1. The van der Waals surface area contributed by atoms with Gasteiger partial charge in [0.1, 0.15) is 6.29 Å². The molecule has 0 aliphatic carbocycles. The lowest BCUT2D eigenvalue weighted by atomic mass is 10.0. The van der Waals surface area contributed by atoms with E-state index in [4.69, 9.17) is 11.6 Å². The Morgan fingerprint density at radius 1 is 1.53 bits per heavy atom. The van der Waals surface area contributed by atoms with Crippen LogP contribution in [0.2, 0.25) is 5.02 Å². The first-order valence-corrected chi connectivity index (χ1v) is 4.77. The maximum absolute atomic E-state index is 11.0. The lowest BCUT2D eigenvalue weighted by Crippen LogP contribution is -2.05. The maximum Gasteiger partial charge on any atom is 0.310 e. The van der Waals surface area contributed by atoms with Crippen molar-refractivity contribution in [3.05, 3.63) is 33.8 Å². The third kappa shape index (κ3) is 2.80. The predicted octanol–water partition coefficient (Wildman–Crippen LogP) is 2.18. The molecule has 4 heteroatoms. The Balaban J connectivity index is 3.05. The molecule has 0 amide bonds. The average Bonchev–Trinajstić information content (AvgIpc) is 2.22. The Morgan fingerprint density at radius 3 is 2.73 bits per heavy atom. The van der Waals surface area contributed by atoms with Crippen molar-refractivity contribution >= 4 is 23.9 Å². The van der Waals surface area contributed by atoms with Crippen molar-refractivity contribution in [2.75, 3.05) is 7.11 Å². The molecule has 0 aliphatic heterocycles. The van der Waals surface area contributed by atoms with E-state index in [1.54, 1.807) is 19.1 Å². The number of hydrogen-bond acceptors (Lipinski definition) is 3. The van der Waals surface area contributed by atoms with Crippen LogP contribution in [0.4, 0.5) is 0 Å². The SMILES string of the molecule is COC(=O)Cc1cc(C)c(C=O)cc1Cl. The van der Waals surface area contributed by atoms with Crippen LogP contribution >= 0.6 is 11.6 Å². The number of carbonyl (C=O) groups excluding carboxylic acids is 2. The maximum atomic E-state index is 11.0. The summed E-state index contributed by atoms with van der Waals surface area (Å²) >= 11 is 5.91. The molecule has 3 nitrogen and oxygen atoms in total. The smallest absolute Gasteiger partial charge is 0.310 e. The van der Waals surface area contributed by atoms with Gasteiger partial charge in [0.2, 0.25) is 0 Å². The van der Waals surface area contributed by atoms with Gasteiger partial charge in [-0.25, -0.2) is 0 Å². The van der Waals surface area contributed by atoms with Gasteiger partial charge in [-0.1, -0.05) is 17.7 Å². The lowest BCUT2D eigenvalue weighted by Gasteiger charge is -2.06. The first kappa shape index (κ1) is 11.7. The van der Waals surface area contributed by atoms with E-state index in [1.165, 1.54) is 7.11 Å². The highest BCUT2D eigenvalue weighted by Crippen LogP contribution is 2.21. The molecule has 0 atom stereocenters. The van der Waals surface area contributed by atoms with Crippen molar-refractivity contribution in [2.24, 2.45) is 0 Å². The predicted molar refractivity (Wildman–Crippen MR) is 57.3 cm³/mol. The van der Waals surface area contributed by atoms with Crippen molar-refractivity contribution in [1.29, 1.82) is 0 Å². The summed E-state index contributed by atoms with van der Waals surface area (Å²) in [6, 6.07) is 3.28. The molecule has 0 saturated carbocycles. The molecular weight excluding hydrogens is 216 g/mol. The van der Waals surface area contributed by atoms with Crippen LogP contribution in [0.15, 0.2) is 12.1 Å². The largest absolute Gasteiger partial charge is 0.469 e. The lowest BCUT2D eigenvalue weighted by molar-refractivity contribution is -0.139. The third-order valence-electron chi connectivity index (χ3n) is 2.12. The van der Waals surface area contributed by atoms with Crippen molar-refractivity contribution < 1.29 is 14.3 Å². The highest BCUT2D eigenvalue weighted by atomic mass is 35.5. The number of rotatable bonds is 3. The van der Waals surface area contributed by atoms with E-state index in [-0.39, 0.29) is 12.4 Å². The van der Waals surface area contributed by atoms with E-state index in [0.29, 0.717) is 16.1 Å². The average molecular weight is 227 g/mol. The molecule has 0 N–H and O–H groups in total. The molecule has 15 heavy (non-hydrogen) atoms. The first-order valence-electron chi connectivity index (χ1n) is 4.39. The van der Waals surface area contributed by atoms with Crippen LogP contribution in [0.5, 0.6) is 0 Å². The van der Waals surface area contributed by atoms with Crippen LogP contribution in [0.25, 0.3) is 0 Å². The summed E-state index contributed by atoms with van der Waals surface area (Å²) in [5, 5.41) is 0.410. The second-order valence-electron chi connectivity index (χ2n) is 3.17. The number of aryl methyl sites for hydroxylation is 1. The summed E-state index contributed by atoms with van der Waals surface area (Å²) in [7, 11) is 1.32. The molecule has 0 fully saturated rings. The summed E-state index contributed by atoms with van der Waals surface area (Å²) in [6.07, 6.45) is 0.860. The minimum atomic E-state index is -0.352. The van der Waals surface area contributed by atoms with Gasteiger partial charge in [0.05, 0.1) is 13.5 Å². The molecule has 0 aromatic heterocycles. The first-order chi connectivity index (χ1) is 7.08. The Morgan fingerprint density at radius 2 is 2.20 bits per heavy atom. The van der Waals surface area contributed by atoms with Crippen molar-refractivity contribution in [3.8, 4) is 0 Å². The molecule has 0 heterocycles. The van der Waals surface area contributed by atoms with Crippen molar-refractivity contribution in [1.82, 2.24) is 0 Å². The van der Waals surface area contributed by atoms with Gasteiger partial charge in [0.15, 0.2) is 0 Å². The minimum Gasteiger partial charge on any atom is -0.469 e. The van der Waals surface area contributed by atoms with E-state index in [0.717, 1.165) is 11.8 Å². The van der Waals surface area contributed by atoms with E-state index in [2.05, 4.69) is 4.74 Å². The second kappa shape index (κ2) is 4.94. The molecule has 0 unspecified atom stereocenters. The number of halogens is 1. The number of ether oxygens (including phenoxy) is 1. The monoisotopic (exact) mass is 226 g/mol. The van der Waals surface area contributed by atoms with E-state index < -0.39 is 0 Å². The number of esters is 1. The molecule has 1 aromatic rings. The fourth-order valence-corrected chi connectivity index (χ4v) is 1.49. The van der Waals surface area contributed by atoms with Gasteiger partial charge in [-0.15, -0.1) is 0 Å². The molecule has 0 bridgehead atoms. The molecule has 1 rings (SSSR count). The second-order valence-corrected chi connectivity index (χ2v) is 3.58. The van der Waals surface area contributed by atoms with Crippen LogP contribution < -0.4 is 0 Å². The molecule has 80 valence electrons. The van der Waals surface area contributed by atoms with Crippen LogP contribution in [0.1, 0.15) is 21.5 Å². The van der Waals surface area contributed by atoms with Gasteiger partial charge >= 0.3 is 5.97 Å². The zero-order valence-corrected chi connectivity index (χ0v) is 9.30. The van der Waals surface area contributed by atoms with E-state index >= 15 is 0 Å². The molecule has 0 saturated heterocycles. The summed E-state index contributed by atoms with van der Waals surface area (Å²) in [6.45, 7) is 1.79. The van der Waals surface area contributed by atoms with E-state index in [1.807, 2.05) is 0 Å². The van der Waals surface area contributed by atoms with Gasteiger partial charge in [-0.05, 0) is 24.1 Å². The Hall–Kier alpha value is -1.35. The normalized spacial score (nSPS) is 9.80. The number of carbonyl (C=O) groups is 2. The van der Waals surface area contributed by atoms with Crippen LogP contribution in [-0.2, 0) is 16.0 Å². The van der Waals surface area contributed by atoms with Crippen LogP contribution in [-0.4, -0.2) is 19.4 Å². The Kier molecular flexibility index (Phi) is 3.86. The molecule has 0 aliphatic rings. The summed E-state index contributed by atoms with van der Waals surface area (Å²) < 4.78 is 4.54. The number of aldehydes is 1. The van der Waals surface area contributed by atoms with E-state index in [9.17, 15) is 9.59 Å². The fourth-order valence-electron chi connectivity index (χ4n) is 1.25. The van der Waals surface area contributed by atoms with Crippen molar-refractivity contribution in [3.63, 3.8) is 0 Å². The Labute approximate surface area is 93.0 Å². The van der Waals surface area contributed by atoms with Crippen LogP contribution in [0.3, 0.4) is 0 Å². The van der Waals surface area contributed by atoms with Crippen molar-refractivity contribution in [2.45, 2.75) is 13.3 Å². The van der Waals surface area contributed by atoms with Gasteiger partial charge in [0, 0.05) is 10.6 Å². The molecule has 1 aromatic carbocycles. The molecule has 0 radical (unpaired) electrons. The zero-order chi connectivity index (χ0) is 11.4. The Bertz CT molecular complexity index is 399. The zero-order valence-electron chi connectivity index (χ0n) is 8.54. The van der Waals surface area contributed by atoms with Crippen LogP contribution in [0, 0.1) is 6.92 Å². The highest BCUT2D eigenvalue weighted by molar-refractivity contribution is 6.31.